The Bertz CT molecular complexity index is 518. The highest BCUT2D eigenvalue weighted by atomic mass is 16.6. The first-order valence-corrected chi connectivity index (χ1v) is 3.82. The summed E-state index contributed by atoms with van der Waals surface area (Å²) in [7, 11) is 0. The Morgan fingerprint density at radius 3 is 2.73 bits per heavy atom. The molecule has 1 rings (SSSR count). The highest BCUT2D eigenvalue weighted by Crippen LogP contribution is 2.18. The van der Waals surface area contributed by atoms with Crippen LogP contribution in [-0.2, 0) is 0 Å². The van der Waals surface area contributed by atoms with Gasteiger partial charge in [-0.05, 0) is 18.1 Å². The van der Waals surface area contributed by atoms with E-state index in [9.17, 15) is 14.9 Å². The van der Waals surface area contributed by atoms with Gasteiger partial charge in [0.1, 0.15) is 11.8 Å². The molecule has 0 amide bonds. The zero-order chi connectivity index (χ0) is 11.3. The van der Waals surface area contributed by atoms with Crippen molar-refractivity contribution in [3.8, 4) is 17.9 Å². The third-order valence-electron chi connectivity index (χ3n) is 1.61. The molecule has 0 radical (unpaired) electrons. The molecule has 0 heterocycles. The van der Waals surface area contributed by atoms with Crippen LogP contribution >= 0.6 is 0 Å². The summed E-state index contributed by atoms with van der Waals surface area (Å²) < 4.78 is 0. The number of hydrogen-bond donors (Lipinski definition) is 0. The minimum Gasteiger partial charge on any atom is -0.298 e. The monoisotopic (exact) mass is 200 g/mol. The summed E-state index contributed by atoms with van der Waals surface area (Å²) in [6, 6.07) is 5.42. The van der Waals surface area contributed by atoms with Crippen LogP contribution in [0.5, 0.6) is 0 Å². The number of carbonyl (C=O) groups excluding carboxylic acids is 1. The van der Waals surface area contributed by atoms with E-state index in [2.05, 4.69) is 11.8 Å². The van der Waals surface area contributed by atoms with E-state index >= 15 is 0 Å². The molecule has 5 heteroatoms. The largest absolute Gasteiger partial charge is 0.298 e. The van der Waals surface area contributed by atoms with Gasteiger partial charge in [-0.3, -0.25) is 14.9 Å². The van der Waals surface area contributed by atoms with E-state index in [1.807, 2.05) is 0 Å². The van der Waals surface area contributed by atoms with Crippen molar-refractivity contribution in [2.45, 2.75) is 0 Å². The fourth-order valence-electron chi connectivity index (χ4n) is 0.974. The zero-order valence-corrected chi connectivity index (χ0v) is 7.43. The van der Waals surface area contributed by atoms with Gasteiger partial charge in [-0.2, -0.15) is 5.26 Å². The Morgan fingerprint density at radius 1 is 1.47 bits per heavy atom. The predicted octanol–water partition coefficient (Wildman–Crippen LogP) is 1.28. The first-order valence-electron chi connectivity index (χ1n) is 3.82. The molecule has 5 nitrogen and oxygen atoms in total. The van der Waals surface area contributed by atoms with Gasteiger partial charge in [-0.25, -0.2) is 0 Å². The highest BCUT2D eigenvalue weighted by Gasteiger charge is 2.12. The number of hydrogen-bond acceptors (Lipinski definition) is 4. The number of aldehydes is 1. The van der Waals surface area contributed by atoms with Crippen molar-refractivity contribution in [2.75, 3.05) is 0 Å². The predicted molar refractivity (Wildman–Crippen MR) is 51.0 cm³/mol. The molecule has 0 N–H and O–H groups in total. The van der Waals surface area contributed by atoms with Crippen LogP contribution in [0.2, 0.25) is 0 Å². The van der Waals surface area contributed by atoms with E-state index in [4.69, 9.17) is 5.26 Å². The lowest BCUT2D eigenvalue weighted by Crippen LogP contribution is -1.93. The molecule has 1 aromatic rings. The van der Waals surface area contributed by atoms with Crippen molar-refractivity contribution in [1.82, 2.24) is 0 Å². The van der Waals surface area contributed by atoms with E-state index in [1.54, 1.807) is 6.07 Å². The number of nitro groups is 1. The molecule has 0 aromatic heterocycles. The third-order valence-corrected chi connectivity index (χ3v) is 1.61. The smallest absolute Gasteiger partial charge is 0.285 e. The summed E-state index contributed by atoms with van der Waals surface area (Å²) in [5.41, 5.74) is 0.0405. The molecule has 72 valence electrons. The lowest BCUT2D eigenvalue weighted by Gasteiger charge is -1.95. The van der Waals surface area contributed by atoms with Gasteiger partial charge in [0.05, 0.1) is 4.92 Å². The first kappa shape index (κ1) is 10.4. The molecule has 0 bridgehead atoms. The van der Waals surface area contributed by atoms with Crippen LogP contribution in [0.3, 0.4) is 0 Å². The topological polar surface area (TPSA) is 84.0 Å². The third kappa shape index (κ3) is 2.39. The molecule has 0 fully saturated rings. The molecular weight excluding hydrogens is 196 g/mol. The second kappa shape index (κ2) is 4.54. The molecule has 0 aliphatic heterocycles. The molecule has 1 aromatic carbocycles. The Labute approximate surface area is 85.1 Å². The van der Waals surface area contributed by atoms with Crippen molar-refractivity contribution < 1.29 is 9.72 Å². The summed E-state index contributed by atoms with van der Waals surface area (Å²) in [5, 5.41) is 18.8. The summed E-state index contributed by atoms with van der Waals surface area (Å²) in [6.45, 7) is 0. The summed E-state index contributed by atoms with van der Waals surface area (Å²) in [6.07, 6.45) is 0.508. The zero-order valence-electron chi connectivity index (χ0n) is 7.43. The van der Waals surface area contributed by atoms with Crippen LogP contribution in [0.1, 0.15) is 15.9 Å². The molecular formula is C10H4N2O3. The Balaban J connectivity index is 3.34. The van der Waals surface area contributed by atoms with Crippen LogP contribution in [0, 0.1) is 33.3 Å². The lowest BCUT2D eigenvalue weighted by atomic mass is 10.1. The average Bonchev–Trinajstić information content (AvgIpc) is 2.26. The van der Waals surface area contributed by atoms with Crippen LogP contribution in [0.15, 0.2) is 18.2 Å². The van der Waals surface area contributed by atoms with Gasteiger partial charge in [0.25, 0.3) is 5.69 Å². The molecule has 0 aliphatic rings. The quantitative estimate of drug-likeness (QED) is 0.311. The minimum atomic E-state index is -0.644. The SMILES string of the molecule is N#CC#Cc1ccc(C=O)cc1[N+](=O)[O-]. The molecule has 0 saturated carbocycles. The molecule has 15 heavy (non-hydrogen) atoms. The normalized spacial score (nSPS) is 8.20. The van der Waals surface area contributed by atoms with E-state index < -0.39 is 4.92 Å². The van der Waals surface area contributed by atoms with Crippen molar-refractivity contribution in [1.29, 1.82) is 5.26 Å². The number of nitrogens with zero attached hydrogens (tertiary/aromatic N) is 2. The van der Waals surface area contributed by atoms with E-state index in [-0.39, 0.29) is 16.8 Å². The van der Waals surface area contributed by atoms with E-state index in [1.165, 1.54) is 12.1 Å². The molecule has 0 atom stereocenters. The average molecular weight is 200 g/mol. The highest BCUT2D eigenvalue weighted by molar-refractivity contribution is 5.77. The number of nitro benzene ring substituents is 1. The van der Waals surface area contributed by atoms with Crippen LogP contribution < -0.4 is 0 Å². The molecule has 0 unspecified atom stereocenters. The van der Waals surface area contributed by atoms with Crippen LogP contribution in [-0.4, -0.2) is 11.2 Å². The van der Waals surface area contributed by atoms with Gasteiger partial charge in [0, 0.05) is 17.6 Å². The maximum Gasteiger partial charge on any atom is 0.285 e. The van der Waals surface area contributed by atoms with Gasteiger partial charge in [-0.1, -0.05) is 0 Å². The summed E-state index contributed by atoms with van der Waals surface area (Å²) >= 11 is 0. The van der Waals surface area contributed by atoms with Gasteiger partial charge >= 0.3 is 0 Å². The summed E-state index contributed by atoms with van der Waals surface area (Å²) in [4.78, 5) is 20.3. The van der Waals surface area contributed by atoms with Gasteiger partial charge < -0.3 is 0 Å². The minimum absolute atomic E-state index is 0.118. The maximum absolute atomic E-state index is 10.6. The van der Waals surface area contributed by atoms with Crippen LogP contribution in [0.25, 0.3) is 0 Å². The van der Waals surface area contributed by atoms with Crippen molar-refractivity contribution >= 4 is 12.0 Å². The number of nitriles is 1. The lowest BCUT2D eigenvalue weighted by molar-refractivity contribution is -0.385. The number of rotatable bonds is 2. The van der Waals surface area contributed by atoms with Gasteiger partial charge in [-0.15, -0.1) is 0 Å². The molecule has 0 saturated heterocycles. The number of benzene rings is 1. The second-order valence-corrected chi connectivity index (χ2v) is 2.51. The van der Waals surface area contributed by atoms with Gasteiger partial charge in [0.2, 0.25) is 0 Å². The molecule has 0 aliphatic carbocycles. The van der Waals surface area contributed by atoms with Crippen molar-refractivity contribution in [3.05, 3.63) is 39.4 Å². The second-order valence-electron chi connectivity index (χ2n) is 2.51. The fraction of sp³-hybridized carbons (Fsp3) is 0. The summed E-state index contributed by atoms with van der Waals surface area (Å²) in [5.74, 6) is 4.39. The maximum atomic E-state index is 10.6. The standard InChI is InChI=1S/C10H4N2O3/c11-5-1-2-9-4-3-8(7-13)6-10(9)12(14)15/h3-4,6-7H. The Hall–Kier alpha value is -2.66. The van der Waals surface area contributed by atoms with Crippen molar-refractivity contribution in [3.63, 3.8) is 0 Å². The van der Waals surface area contributed by atoms with Gasteiger partial charge in [0.15, 0.2) is 6.07 Å². The van der Waals surface area contributed by atoms with Crippen molar-refractivity contribution in [2.24, 2.45) is 0 Å². The Kier molecular flexibility index (Phi) is 3.15. The number of carbonyl (C=O) groups is 1. The first-order chi connectivity index (χ1) is 7.19. The van der Waals surface area contributed by atoms with Crippen LogP contribution in [0.4, 0.5) is 5.69 Å². The van der Waals surface area contributed by atoms with E-state index in [0.717, 1.165) is 6.07 Å². The fourth-order valence-corrected chi connectivity index (χ4v) is 0.974. The molecule has 0 spiro atoms. The Morgan fingerprint density at radius 2 is 2.20 bits per heavy atom. The van der Waals surface area contributed by atoms with E-state index in [0.29, 0.717) is 6.29 Å².